The van der Waals surface area contributed by atoms with Crippen LogP contribution in [0.4, 0.5) is 5.69 Å². The van der Waals surface area contributed by atoms with Crippen LogP contribution < -0.4 is 5.32 Å². The summed E-state index contributed by atoms with van der Waals surface area (Å²) >= 11 is 5.76. The molecule has 0 aliphatic rings. The van der Waals surface area contributed by atoms with Crippen molar-refractivity contribution in [1.82, 2.24) is 0 Å². The van der Waals surface area contributed by atoms with Crippen LogP contribution in [0.5, 0.6) is 0 Å². The molecule has 5 nitrogen and oxygen atoms in total. The average Bonchev–Trinajstić information content (AvgIpc) is 2.20. The van der Waals surface area contributed by atoms with E-state index in [-0.39, 0.29) is 10.7 Å². The van der Waals surface area contributed by atoms with E-state index in [0.29, 0.717) is 5.56 Å². The number of carboxylic acid groups (broad SMARTS) is 1. The Kier molecular flexibility index (Phi) is 3.86. The average molecular weight is 239 g/mol. The largest absolute Gasteiger partial charge is 0.481 e. The minimum absolute atomic E-state index is 0.229. The number of nitrogens with one attached hydrogen (secondary N) is 1. The molecular formula is C10H7ClN2O3. The molecule has 0 aromatic heterocycles. The number of halogens is 1. The van der Waals surface area contributed by atoms with Gasteiger partial charge in [-0.25, -0.2) is 0 Å². The van der Waals surface area contributed by atoms with E-state index in [1.165, 1.54) is 18.2 Å². The second-order valence-electron chi connectivity index (χ2n) is 2.93. The van der Waals surface area contributed by atoms with E-state index in [4.69, 9.17) is 22.0 Å². The summed E-state index contributed by atoms with van der Waals surface area (Å²) in [4.78, 5) is 21.4. The van der Waals surface area contributed by atoms with Crippen molar-refractivity contribution in [2.75, 3.05) is 5.32 Å². The van der Waals surface area contributed by atoms with Crippen LogP contribution in [0.2, 0.25) is 5.02 Å². The number of benzene rings is 1. The Hall–Kier alpha value is -2.06. The first kappa shape index (κ1) is 12.0. The molecule has 0 aliphatic heterocycles. The normalized spacial score (nSPS) is 9.25. The maximum atomic E-state index is 11.1. The third-order valence-electron chi connectivity index (χ3n) is 1.68. The number of amides is 1. The van der Waals surface area contributed by atoms with Gasteiger partial charge < -0.3 is 10.4 Å². The highest BCUT2D eigenvalue weighted by molar-refractivity contribution is 6.33. The zero-order chi connectivity index (χ0) is 12.1. The van der Waals surface area contributed by atoms with E-state index in [1.807, 2.05) is 6.07 Å². The van der Waals surface area contributed by atoms with Gasteiger partial charge in [0.1, 0.15) is 6.42 Å². The number of carboxylic acids is 1. The topological polar surface area (TPSA) is 90.2 Å². The Labute approximate surface area is 96.3 Å². The van der Waals surface area contributed by atoms with Crippen LogP contribution in [0.25, 0.3) is 0 Å². The van der Waals surface area contributed by atoms with Crippen molar-refractivity contribution in [3.8, 4) is 6.07 Å². The van der Waals surface area contributed by atoms with Gasteiger partial charge in [0, 0.05) is 0 Å². The minimum Gasteiger partial charge on any atom is -0.481 e. The Morgan fingerprint density at radius 1 is 1.50 bits per heavy atom. The fourth-order valence-corrected chi connectivity index (χ4v) is 1.19. The zero-order valence-electron chi connectivity index (χ0n) is 8.03. The molecule has 0 saturated carbocycles. The van der Waals surface area contributed by atoms with Gasteiger partial charge in [-0.1, -0.05) is 11.6 Å². The van der Waals surface area contributed by atoms with Gasteiger partial charge in [0.2, 0.25) is 5.91 Å². The van der Waals surface area contributed by atoms with Crippen molar-refractivity contribution in [2.24, 2.45) is 0 Å². The molecular weight excluding hydrogens is 232 g/mol. The van der Waals surface area contributed by atoms with Crippen molar-refractivity contribution < 1.29 is 14.7 Å². The molecule has 0 fully saturated rings. The van der Waals surface area contributed by atoms with Gasteiger partial charge >= 0.3 is 5.97 Å². The van der Waals surface area contributed by atoms with Gasteiger partial charge in [0.25, 0.3) is 0 Å². The van der Waals surface area contributed by atoms with Crippen LogP contribution in [-0.2, 0) is 9.59 Å². The number of nitriles is 1. The maximum absolute atomic E-state index is 11.1. The summed E-state index contributed by atoms with van der Waals surface area (Å²) in [5.41, 5.74) is 0.557. The van der Waals surface area contributed by atoms with Crippen LogP contribution in [0.1, 0.15) is 12.0 Å². The molecule has 1 aromatic carbocycles. The second-order valence-corrected chi connectivity index (χ2v) is 3.33. The van der Waals surface area contributed by atoms with Crippen molar-refractivity contribution in [3.63, 3.8) is 0 Å². The lowest BCUT2D eigenvalue weighted by molar-refractivity contribution is -0.139. The monoisotopic (exact) mass is 238 g/mol. The number of carbonyl (C=O) groups excluding carboxylic acids is 1. The van der Waals surface area contributed by atoms with Crippen LogP contribution in [0.15, 0.2) is 18.2 Å². The van der Waals surface area contributed by atoms with E-state index in [2.05, 4.69) is 5.32 Å². The van der Waals surface area contributed by atoms with E-state index in [9.17, 15) is 9.59 Å². The Morgan fingerprint density at radius 3 is 2.75 bits per heavy atom. The number of anilines is 1. The van der Waals surface area contributed by atoms with Gasteiger partial charge in [0.05, 0.1) is 22.3 Å². The van der Waals surface area contributed by atoms with Crippen molar-refractivity contribution in [1.29, 1.82) is 5.26 Å². The van der Waals surface area contributed by atoms with E-state index < -0.39 is 18.3 Å². The van der Waals surface area contributed by atoms with Crippen LogP contribution >= 0.6 is 11.6 Å². The molecule has 0 radical (unpaired) electrons. The quantitative estimate of drug-likeness (QED) is 0.783. The lowest BCUT2D eigenvalue weighted by Gasteiger charge is -2.05. The second kappa shape index (κ2) is 5.14. The standard InChI is InChI=1S/C10H7ClN2O3/c11-7-2-1-6(5-12)3-8(7)13-9(14)4-10(15)16/h1-3H,4H2,(H,13,14)(H,15,16). The zero-order valence-corrected chi connectivity index (χ0v) is 8.78. The fraction of sp³-hybridized carbons (Fsp3) is 0.100. The lowest BCUT2D eigenvalue weighted by Crippen LogP contribution is -2.16. The lowest BCUT2D eigenvalue weighted by atomic mass is 10.2. The summed E-state index contributed by atoms with van der Waals surface area (Å²) in [6, 6.07) is 6.21. The Balaban J connectivity index is 2.84. The van der Waals surface area contributed by atoms with Crippen LogP contribution in [0, 0.1) is 11.3 Å². The fourth-order valence-electron chi connectivity index (χ4n) is 1.02. The summed E-state index contributed by atoms with van der Waals surface area (Å²) in [6.45, 7) is 0. The van der Waals surface area contributed by atoms with E-state index in [0.717, 1.165) is 0 Å². The first-order valence-electron chi connectivity index (χ1n) is 4.24. The van der Waals surface area contributed by atoms with E-state index in [1.54, 1.807) is 0 Å². The van der Waals surface area contributed by atoms with Gasteiger partial charge in [-0.05, 0) is 18.2 Å². The molecule has 1 amide bonds. The summed E-state index contributed by atoms with van der Waals surface area (Å²) in [6.07, 6.45) is -0.646. The maximum Gasteiger partial charge on any atom is 0.312 e. The molecule has 0 aliphatic carbocycles. The van der Waals surface area contributed by atoms with E-state index >= 15 is 0 Å². The molecule has 0 atom stereocenters. The van der Waals surface area contributed by atoms with Gasteiger partial charge in [-0.15, -0.1) is 0 Å². The molecule has 82 valence electrons. The molecule has 0 unspecified atom stereocenters. The predicted octanol–water partition coefficient (Wildman–Crippen LogP) is 1.62. The number of aliphatic carboxylic acids is 1. The number of rotatable bonds is 3. The minimum atomic E-state index is -1.23. The smallest absolute Gasteiger partial charge is 0.312 e. The van der Waals surface area contributed by atoms with Crippen LogP contribution in [0.3, 0.4) is 0 Å². The van der Waals surface area contributed by atoms with Crippen molar-refractivity contribution in [3.05, 3.63) is 28.8 Å². The molecule has 0 saturated heterocycles. The summed E-state index contributed by atoms with van der Waals surface area (Å²) in [7, 11) is 0. The highest BCUT2D eigenvalue weighted by Crippen LogP contribution is 2.22. The van der Waals surface area contributed by atoms with Crippen molar-refractivity contribution >= 4 is 29.2 Å². The third kappa shape index (κ3) is 3.26. The first-order chi connectivity index (χ1) is 7.52. The highest BCUT2D eigenvalue weighted by Gasteiger charge is 2.10. The third-order valence-corrected chi connectivity index (χ3v) is 2.01. The molecule has 16 heavy (non-hydrogen) atoms. The number of hydrogen-bond acceptors (Lipinski definition) is 3. The summed E-state index contributed by atoms with van der Waals surface area (Å²) < 4.78 is 0. The molecule has 6 heteroatoms. The van der Waals surface area contributed by atoms with Crippen molar-refractivity contribution in [2.45, 2.75) is 6.42 Å². The van der Waals surface area contributed by atoms with Gasteiger partial charge in [-0.2, -0.15) is 5.26 Å². The molecule has 0 spiro atoms. The number of hydrogen-bond donors (Lipinski definition) is 2. The molecule has 0 bridgehead atoms. The number of nitrogens with zero attached hydrogens (tertiary/aromatic N) is 1. The molecule has 1 rings (SSSR count). The molecule has 1 aromatic rings. The van der Waals surface area contributed by atoms with Gasteiger partial charge in [-0.3, -0.25) is 9.59 Å². The predicted molar refractivity (Wildman–Crippen MR) is 57.0 cm³/mol. The summed E-state index contributed by atoms with van der Waals surface area (Å²) in [5, 5.41) is 19.6. The highest BCUT2D eigenvalue weighted by atomic mass is 35.5. The Morgan fingerprint density at radius 2 is 2.19 bits per heavy atom. The SMILES string of the molecule is N#Cc1ccc(Cl)c(NC(=O)CC(=O)O)c1. The first-order valence-corrected chi connectivity index (χ1v) is 4.62. The summed E-state index contributed by atoms with van der Waals surface area (Å²) in [5.74, 6) is -1.92. The molecule has 2 N–H and O–H groups in total. The molecule has 0 heterocycles. The van der Waals surface area contributed by atoms with Gasteiger partial charge in [0.15, 0.2) is 0 Å². The number of carbonyl (C=O) groups is 2. The Bertz CT molecular complexity index is 479. The van der Waals surface area contributed by atoms with Crippen LogP contribution in [-0.4, -0.2) is 17.0 Å².